The Morgan fingerprint density at radius 1 is 1.21 bits per heavy atom. The second-order valence-corrected chi connectivity index (χ2v) is 7.29. The molecule has 0 bridgehead atoms. The monoisotopic (exact) mass is 286 g/mol. The Labute approximate surface area is 114 Å². The van der Waals surface area contributed by atoms with Crippen molar-refractivity contribution in [1.29, 1.82) is 0 Å². The van der Waals surface area contributed by atoms with E-state index in [0.717, 1.165) is 0 Å². The van der Waals surface area contributed by atoms with Gasteiger partial charge in [-0.15, -0.1) is 0 Å². The van der Waals surface area contributed by atoms with Gasteiger partial charge in [0.05, 0.1) is 11.4 Å². The normalized spacial score (nSPS) is 25.7. The van der Waals surface area contributed by atoms with Crippen LogP contribution in [0.5, 0.6) is 0 Å². The van der Waals surface area contributed by atoms with Crippen LogP contribution in [0.25, 0.3) is 0 Å². The number of rotatable bonds is 2. The van der Waals surface area contributed by atoms with Crippen molar-refractivity contribution in [3.63, 3.8) is 0 Å². The molecule has 7 heteroatoms. The summed E-state index contributed by atoms with van der Waals surface area (Å²) in [5.74, 6) is 0. The Bertz CT molecular complexity index is 569. The minimum Gasteiger partial charge on any atom is -0.309 e. The molecule has 0 spiro atoms. The van der Waals surface area contributed by atoms with E-state index in [1.807, 2.05) is 13.8 Å². The highest BCUT2D eigenvalue weighted by atomic mass is 32.2. The molecule has 1 aliphatic rings. The van der Waals surface area contributed by atoms with Crippen molar-refractivity contribution >= 4 is 10.0 Å². The van der Waals surface area contributed by atoms with Crippen LogP contribution < -0.4 is 5.32 Å². The first-order valence-electron chi connectivity index (χ1n) is 6.50. The van der Waals surface area contributed by atoms with Crippen LogP contribution in [0.2, 0.25) is 0 Å². The summed E-state index contributed by atoms with van der Waals surface area (Å²) < 4.78 is 28.7. The predicted octanol–water partition coefficient (Wildman–Crippen LogP) is 0.408. The Kier molecular flexibility index (Phi) is 3.72. The number of hydrogen-bond donors (Lipinski definition) is 1. The van der Waals surface area contributed by atoms with E-state index in [2.05, 4.69) is 10.4 Å². The lowest BCUT2D eigenvalue weighted by molar-refractivity contribution is 0.262. The van der Waals surface area contributed by atoms with Crippen LogP contribution in [0, 0.1) is 13.8 Å². The standard InChI is InChI=1S/C12H22N4O2S/c1-8-6-16(7-9(2)13-8)19(17,18)12-10(3)14-15(5)11(12)4/h8-9,13H,6-7H2,1-5H3. The van der Waals surface area contributed by atoms with Gasteiger partial charge in [0.15, 0.2) is 0 Å². The number of aromatic nitrogens is 2. The van der Waals surface area contributed by atoms with Crippen molar-refractivity contribution in [3.05, 3.63) is 11.4 Å². The average molecular weight is 286 g/mol. The summed E-state index contributed by atoms with van der Waals surface area (Å²) in [6, 6.07) is 0.326. The number of nitrogens with one attached hydrogen (secondary N) is 1. The van der Waals surface area contributed by atoms with Crippen LogP contribution in [0.1, 0.15) is 25.2 Å². The Hall–Kier alpha value is -0.920. The Morgan fingerprint density at radius 2 is 1.74 bits per heavy atom. The van der Waals surface area contributed by atoms with E-state index in [0.29, 0.717) is 29.4 Å². The first-order chi connectivity index (χ1) is 8.73. The van der Waals surface area contributed by atoms with E-state index in [1.54, 1.807) is 29.9 Å². The van der Waals surface area contributed by atoms with Crippen molar-refractivity contribution in [1.82, 2.24) is 19.4 Å². The maximum absolute atomic E-state index is 12.8. The van der Waals surface area contributed by atoms with Crippen LogP contribution in [0.4, 0.5) is 0 Å². The summed E-state index contributed by atoms with van der Waals surface area (Å²) in [5.41, 5.74) is 1.26. The number of hydrogen-bond acceptors (Lipinski definition) is 4. The first kappa shape index (κ1) is 14.5. The van der Waals surface area contributed by atoms with Gasteiger partial charge in [0.25, 0.3) is 0 Å². The van der Waals surface area contributed by atoms with Gasteiger partial charge in [-0.05, 0) is 27.7 Å². The lowest BCUT2D eigenvalue weighted by Crippen LogP contribution is -2.55. The van der Waals surface area contributed by atoms with Gasteiger partial charge in [0.2, 0.25) is 10.0 Å². The van der Waals surface area contributed by atoms with Crippen LogP contribution in [0.15, 0.2) is 4.90 Å². The molecule has 2 rings (SSSR count). The number of piperazine rings is 1. The van der Waals surface area contributed by atoms with Crippen LogP contribution in [-0.4, -0.2) is 47.7 Å². The second-order valence-electron chi connectivity index (χ2n) is 5.41. The van der Waals surface area contributed by atoms with Gasteiger partial charge in [0, 0.05) is 32.2 Å². The Balaban J connectivity index is 2.42. The minimum absolute atomic E-state index is 0.163. The molecule has 1 fully saturated rings. The summed E-state index contributed by atoms with van der Waals surface area (Å²) >= 11 is 0. The fourth-order valence-corrected chi connectivity index (χ4v) is 4.75. The highest BCUT2D eigenvalue weighted by Gasteiger charge is 2.34. The van der Waals surface area contributed by atoms with E-state index in [1.165, 1.54) is 0 Å². The topological polar surface area (TPSA) is 67.2 Å². The molecular weight excluding hydrogens is 264 g/mol. The molecule has 0 radical (unpaired) electrons. The zero-order valence-corrected chi connectivity index (χ0v) is 13.0. The molecule has 1 saturated heterocycles. The molecule has 0 aromatic carbocycles. The van der Waals surface area contributed by atoms with Crippen LogP contribution in [-0.2, 0) is 17.1 Å². The zero-order valence-electron chi connectivity index (χ0n) is 12.1. The van der Waals surface area contributed by atoms with Gasteiger partial charge < -0.3 is 5.32 Å². The van der Waals surface area contributed by atoms with Gasteiger partial charge in [-0.1, -0.05) is 0 Å². The zero-order chi connectivity index (χ0) is 14.4. The molecule has 1 N–H and O–H groups in total. The largest absolute Gasteiger partial charge is 0.309 e. The summed E-state index contributed by atoms with van der Waals surface area (Å²) in [7, 11) is -1.69. The minimum atomic E-state index is -3.46. The molecule has 1 aromatic rings. The Morgan fingerprint density at radius 3 is 2.16 bits per heavy atom. The van der Waals surface area contributed by atoms with E-state index in [9.17, 15) is 8.42 Å². The average Bonchev–Trinajstić information content (AvgIpc) is 2.51. The molecule has 19 heavy (non-hydrogen) atoms. The van der Waals surface area contributed by atoms with Crippen molar-refractivity contribution in [2.24, 2.45) is 7.05 Å². The molecule has 108 valence electrons. The smallest absolute Gasteiger partial charge is 0.246 e. The highest BCUT2D eigenvalue weighted by Crippen LogP contribution is 2.24. The maximum atomic E-state index is 12.8. The van der Waals surface area contributed by atoms with E-state index in [-0.39, 0.29) is 12.1 Å². The number of nitrogens with zero attached hydrogens (tertiary/aromatic N) is 3. The lowest BCUT2D eigenvalue weighted by Gasteiger charge is -2.35. The number of aryl methyl sites for hydroxylation is 2. The third-order valence-electron chi connectivity index (χ3n) is 3.56. The highest BCUT2D eigenvalue weighted by molar-refractivity contribution is 7.89. The van der Waals surface area contributed by atoms with Crippen molar-refractivity contribution in [2.45, 2.75) is 44.7 Å². The van der Waals surface area contributed by atoms with Crippen molar-refractivity contribution in [3.8, 4) is 0 Å². The lowest BCUT2D eigenvalue weighted by atomic mass is 10.2. The summed E-state index contributed by atoms with van der Waals surface area (Å²) in [6.07, 6.45) is 0. The van der Waals surface area contributed by atoms with Crippen LogP contribution in [0.3, 0.4) is 0 Å². The van der Waals surface area contributed by atoms with E-state index < -0.39 is 10.0 Å². The van der Waals surface area contributed by atoms with E-state index in [4.69, 9.17) is 0 Å². The fourth-order valence-electron chi connectivity index (χ4n) is 2.73. The summed E-state index contributed by atoms with van der Waals surface area (Å²) in [5, 5.41) is 7.55. The maximum Gasteiger partial charge on any atom is 0.246 e. The molecule has 2 unspecified atom stereocenters. The SMILES string of the molecule is Cc1nn(C)c(C)c1S(=O)(=O)N1CC(C)NC(C)C1. The molecule has 2 atom stereocenters. The summed E-state index contributed by atoms with van der Waals surface area (Å²) in [4.78, 5) is 0.358. The third kappa shape index (κ3) is 2.54. The van der Waals surface area contributed by atoms with Crippen molar-refractivity contribution in [2.75, 3.05) is 13.1 Å². The quantitative estimate of drug-likeness (QED) is 0.855. The molecule has 2 heterocycles. The molecule has 1 aromatic heterocycles. The fraction of sp³-hybridized carbons (Fsp3) is 0.750. The third-order valence-corrected chi connectivity index (χ3v) is 5.65. The molecule has 6 nitrogen and oxygen atoms in total. The van der Waals surface area contributed by atoms with Gasteiger partial charge in [0.1, 0.15) is 4.90 Å². The second kappa shape index (κ2) is 4.88. The van der Waals surface area contributed by atoms with E-state index >= 15 is 0 Å². The van der Waals surface area contributed by atoms with Gasteiger partial charge in [-0.3, -0.25) is 4.68 Å². The molecular formula is C12H22N4O2S. The van der Waals surface area contributed by atoms with Gasteiger partial charge in [-0.25, -0.2) is 8.42 Å². The van der Waals surface area contributed by atoms with Gasteiger partial charge in [-0.2, -0.15) is 9.40 Å². The molecule has 0 aliphatic carbocycles. The number of sulfonamides is 1. The predicted molar refractivity (Wildman–Crippen MR) is 73.5 cm³/mol. The van der Waals surface area contributed by atoms with Gasteiger partial charge >= 0.3 is 0 Å². The molecule has 0 saturated carbocycles. The molecule has 0 amide bonds. The van der Waals surface area contributed by atoms with Crippen LogP contribution >= 0.6 is 0 Å². The first-order valence-corrected chi connectivity index (χ1v) is 7.94. The van der Waals surface area contributed by atoms with Crippen molar-refractivity contribution < 1.29 is 8.42 Å². The molecule has 1 aliphatic heterocycles. The summed E-state index contributed by atoms with van der Waals surface area (Å²) in [6.45, 7) is 8.54.